The lowest BCUT2D eigenvalue weighted by Gasteiger charge is -2.10. The van der Waals surface area contributed by atoms with Gasteiger partial charge in [0.05, 0.1) is 0 Å². The first-order chi connectivity index (χ1) is 9.84. The van der Waals surface area contributed by atoms with Crippen molar-refractivity contribution in [1.82, 2.24) is 10.6 Å². The van der Waals surface area contributed by atoms with Gasteiger partial charge in [0.1, 0.15) is 0 Å². The molecule has 21 heavy (non-hydrogen) atoms. The van der Waals surface area contributed by atoms with Crippen LogP contribution < -0.4 is 10.6 Å². The third kappa shape index (κ3) is 7.49. The maximum atomic E-state index is 11.7. The maximum absolute atomic E-state index is 11.7. The molecule has 1 aromatic carbocycles. The molecule has 0 aromatic heterocycles. The van der Waals surface area contributed by atoms with E-state index in [2.05, 4.69) is 41.0 Å². The normalized spacial score (nSPS) is 17.2. The van der Waals surface area contributed by atoms with Crippen molar-refractivity contribution in [3.8, 4) is 0 Å². The van der Waals surface area contributed by atoms with E-state index in [4.69, 9.17) is 0 Å². The summed E-state index contributed by atoms with van der Waals surface area (Å²) in [6.07, 6.45) is 7.59. The van der Waals surface area contributed by atoms with Crippen LogP contribution in [0.1, 0.15) is 44.1 Å². The van der Waals surface area contributed by atoms with Gasteiger partial charge in [-0.15, -0.1) is 12.4 Å². The minimum Gasteiger partial charge on any atom is -0.356 e. The highest BCUT2D eigenvalue weighted by molar-refractivity contribution is 5.85. The van der Waals surface area contributed by atoms with E-state index < -0.39 is 0 Å². The molecule has 1 aliphatic rings. The fourth-order valence-electron chi connectivity index (χ4n) is 2.73. The summed E-state index contributed by atoms with van der Waals surface area (Å²) in [5.41, 5.74) is 1.41. The van der Waals surface area contributed by atoms with E-state index in [9.17, 15) is 4.79 Å². The predicted octanol–water partition coefficient (Wildman–Crippen LogP) is 3.08. The topological polar surface area (TPSA) is 41.1 Å². The monoisotopic (exact) mass is 310 g/mol. The van der Waals surface area contributed by atoms with Gasteiger partial charge in [-0.25, -0.2) is 0 Å². The zero-order valence-electron chi connectivity index (χ0n) is 12.6. The Hall–Kier alpha value is -1.06. The minimum absolute atomic E-state index is 0. The summed E-state index contributed by atoms with van der Waals surface area (Å²) in [4.78, 5) is 11.7. The van der Waals surface area contributed by atoms with Crippen LogP contribution in [0.3, 0.4) is 0 Å². The van der Waals surface area contributed by atoms with Crippen molar-refractivity contribution in [1.29, 1.82) is 0 Å². The molecule has 1 fully saturated rings. The maximum Gasteiger partial charge on any atom is 0.221 e. The molecule has 0 bridgehead atoms. The Kier molecular flexibility index (Phi) is 9.11. The third-order valence-electron chi connectivity index (χ3n) is 3.90. The lowest BCUT2D eigenvalue weighted by Crippen LogP contribution is -2.32. The van der Waals surface area contributed by atoms with Gasteiger partial charge in [0, 0.05) is 19.0 Å². The number of benzene rings is 1. The number of nitrogens with one attached hydrogen (secondary N) is 2. The fourth-order valence-corrected chi connectivity index (χ4v) is 2.73. The third-order valence-corrected chi connectivity index (χ3v) is 3.90. The molecule has 1 aliphatic heterocycles. The van der Waals surface area contributed by atoms with E-state index in [-0.39, 0.29) is 18.3 Å². The van der Waals surface area contributed by atoms with E-state index in [1.165, 1.54) is 24.8 Å². The van der Waals surface area contributed by atoms with Gasteiger partial charge in [0.2, 0.25) is 5.91 Å². The highest BCUT2D eigenvalue weighted by atomic mass is 35.5. The van der Waals surface area contributed by atoms with Crippen LogP contribution in [-0.4, -0.2) is 25.0 Å². The van der Waals surface area contributed by atoms with Gasteiger partial charge in [-0.2, -0.15) is 0 Å². The summed E-state index contributed by atoms with van der Waals surface area (Å²) < 4.78 is 0. The Morgan fingerprint density at radius 1 is 1.19 bits per heavy atom. The second kappa shape index (κ2) is 10.6. The fraction of sp³-hybridized carbons (Fsp3) is 0.588. The first kappa shape index (κ1) is 18.0. The van der Waals surface area contributed by atoms with E-state index in [0.29, 0.717) is 12.5 Å². The van der Waals surface area contributed by atoms with Crippen LogP contribution in [0.2, 0.25) is 0 Å². The predicted molar refractivity (Wildman–Crippen MR) is 89.9 cm³/mol. The number of unbranched alkanes of at least 4 members (excludes halogenated alkanes) is 2. The molecule has 1 aromatic rings. The Bertz CT molecular complexity index is 391. The molecule has 0 saturated carbocycles. The van der Waals surface area contributed by atoms with Crippen molar-refractivity contribution in [3.63, 3.8) is 0 Å². The van der Waals surface area contributed by atoms with E-state index in [1.54, 1.807) is 0 Å². The first-order valence-electron chi connectivity index (χ1n) is 7.88. The molecular formula is C17H27ClN2O. The van der Waals surface area contributed by atoms with Gasteiger partial charge in [-0.05, 0) is 44.2 Å². The average molecular weight is 311 g/mol. The van der Waals surface area contributed by atoms with Gasteiger partial charge < -0.3 is 10.6 Å². The van der Waals surface area contributed by atoms with E-state index in [0.717, 1.165) is 32.4 Å². The molecule has 1 heterocycles. The molecule has 3 nitrogen and oxygen atoms in total. The number of carbonyl (C=O) groups is 1. The van der Waals surface area contributed by atoms with Crippen molar-refractivity contribution in [2.75, 3.05) is 13.1 Å². The number of hydrogen-bond acceptors (Lipinski definition) is 2. The van der Waals surface area contributed by atoms with Crippen molar-refractivity contribution >= 4 is 18.3 Å². The first-order valence-corrected chi connectivity index (χ1v) is 7.88. The number of halogens is 1. The summed E-state index contributed by atoms with van der Waals surface area (Å²) in [6, 6.07) is 11.0. The van der Waals surface area contributed by atoms with Crippen LogP contribution in [0.4, 0.5) is 0 Å². The molecule has 2 N–H and O–H groups in total. The van der Waals surface area contributed by atoms with E-state index in [1.807, 2.05) is 0 Å². The zero-order valence-corrected chi connectivity index (χ0v) is 13.5. The SMILES string of the molecule is Cl.O=C(CC1CCCN1)NCCCCCc1ccccc1. The molecule has 0 spiro atoms. The Morgan fingerprint density at radius 3 is 2.71 bits per heavy atom. The molecule has 2 rings (SSSR count). The number of carbonyl (C=O) groups excluding carboxylic acids is 1. The summed E-state index contributed by atoms with van der Waals surface area (Å²) in [6.45, 7) is 1.89. The van der Waals surface area contributed by atoms with Crippen LogP contribution in [0.15, 0.2) is 30.3 Å². The standard InChI is InChI=1S/C17H26N2O.ClH/c20-17(14-16-11-7-13-18-16)19-12-6-2-5-10-15-8-3-1-4-9-15;/h1,3-4,8-9,16,18H,2,5-7,10-14H2,(H,19,20);1H. The van der Waals surface area contributed by atoms with Crippen LogP contribution in [-0.2, 0) is 11.2 Å². The highest BCUT2D eigenvalue weighted by Gasteiger charge is 2.16. The smallest absolute Gasteiger partial charge is 0.221 e. The molecule has 4 heteroatoms. The second-order valence-electron chi connectivity index (χ2n) is 5.64. The van der Waals surface area contributed by atoms with Crippen molar-refractivity contribution in [2.24, 2.45) is 0 Å². The summed E-state index contributed by atoms with van der Waals surface area (Å²) in [7, 11) is 0. The van der Waals surface area contributed by atoms with Crippen molar-refractivity contribution in [3.05, 3.63) is 35.9 Å². The highest BCUT2D eigenvalue weighted by Crippen LogP contribution is 2.08. The second-order valence-corrected chi connectivity index (χ2v) is 5.64. The zero-order chi connectivity index (χ0) is 14.0. The molecule has 118 valence electrons. The minimum atomic E-state index is 0. The van der Waals surface area contributed by atoms with Crippen LogP contribution >= 0.6 is 12.4 Å². The van der Waals surface area contributed by atoms with Gasteiger partial charge in [-0.1, -0.05) is 36.8 Å². The Labute approximate surface area is 134 Å². The van der Waals surface area contributed by atoms with Gasteiger partial charge in [-0.3, -0.25) is 4.79 Å². The lowest BCUT2D eigenvalue weighted by molar-refractivity contribution is -0.121. The quantitative estimate of drug-likeness (QED) is 0.725. The number of rotatable bonds is 8. The molecular weight excluding hydrogens is 284 g/mol. The largest absolute Gasteiger partial charge is 0.356 e. The molecule has 0 radical (unpaired) electrons. The summed E-state index contributed by atoms with van der Waals surface area (Å²) in [5.74, 6) is 0.201. The molecule has 1 atom stereocenters. The van der Waals surface area contributed by atoms with Crippen LogP contribution in [0.25, 0.3) is 0 Å². The number of aryl methyl sites for hydroxylation is 1. The summed E-state index contributed by atoms with van der Waals surface area (Å²) >= 11 is 0. The van der Waals surface area contributed by atoms with Gasteiger partial charge >= 0.3 is 0 Å². The van der Waals surface area contributed by atoms with Gasteiger partial charge in [0.25, 0.3) is 0 Å². The average Bonchev–Trinajstić information content (AvgIpc) is 2.96. The summed E-state index contributed by atoms with van der Waals surface area (Å²) in [5, 5.41) is 6.38. The molecule has 1 amide bonds. The van der Waals surface area contributed by atoms with Crippen molar-refractivity contribution < 1.29 is 4.79 Å². The Balaban J connectivity index is 0.00000220. The number of hydrogen-bond donors (Lipinski definition) is 2. The lowest BCUT2D eigenvalue weighted by atomic mass is 10.1. The van der Waals surface area contributed by atoms with E-state index >= 15 is 0 Å². The van der Waals surface area contributed by atoms with Crippen LogP contribution in [0.5, 0.6) is 0 Å². The molecule has 1 unspecified atom stereocenters. The molecule has 1 saturated heterocycles. The number of amides is 1. The van der Waals surface area contributed by atoms with Crippen molar-refractivity contribution in [2.45, 2.75) is 51.0 Å². The van der Waals surface area contributed by atoms with Crippen LogP contribution in [0, 0.1) is 0 Å². The van der Waals surface area contributed by atoms with Gasteiger partial charge in [0.15, 0.2) is 0 Å². The molecule has 0 aliphatic carbocycles. The Morgan fingerprint density at radius 2 is 2.00 bits per heavy atom.